The minimum atomic E-state index is 0. The quantitative estimate of drug-likeness (QED) is 0.676. The van der Waals surface area contributed by atoms with Crippen molar-refractivity contribution in [2.75, 3.05) is 0 Å². The van der Waals surface area contributed by atoms with Crippen LogP contribution in [0.5, 0.6) is 0 Å². The monoisotopic (exact) mass is 331 g/mol. The van der Waals surface area contributed by atoms with E-state index < -0.39 is 0 Å². The van der Waals surface area contributed by atoms with Crippen LogP contribution in [0.15, 0.2) is 12.1 Å². The van der Waals surface area contributed by atoms with Gasteiger partial charge >= 0.3 is 0 Å². The van der Waals surface area contributed by atoms with Crippen LogP contribution in [0.25, 0.3) is 5.52 Å². The van der Waals surface area contributed by atoms with E-state index in [0.717, 1.165) is 18.5 Å². The van der Waals surface area contributed by atoms with Crippen LogP contribution < -0.4 is 6.15 Å². The molecule has 0 bridgehead atoms. The lowest BCUT2D eigenvalue weighted by Gasteiger charge is -2.04. The number of hydrogen-bond donors (Lipinski definition) is 1. The second-order valence-corrected chi connectivity index (χ2v) is 4.82. The average Bonchev–Trinajstić information content (AvgIpc) is 2.56. The lowest BCUT2D eigenvalue weighted by atomic mass is 10.1. The van der Waals surface area contributed by atoms with E-state index in [9.17, 15) is 0 Å². The van der Waals surface area contributed by atoms with Crippen molar-refractivity contribution in [3.8, 4) is 0 Å². The van der Waals surface area contributed by atoms with Crippen LogP contribution in [0, 0.1) is 10.6 Å². The van der Waals surface area contributed by atoms with Crippen LogP contribution in [-0.2, 0) is 12.8 Å². The number of aromatic nitrogens is 2. The van der Waals surface area contributed by atoms with Gasteiger partial charge in [-0.3, -0.25) is 0 Å². The van der Waals surface area contributed by atoms with Crippen molar-refractivity contribution in [1.82, 2.24) is 15.8 Å². The third-order valence-electron chi connectivity index (χ3n) is 2.85. The summed E-state index contributed by atoms with van der Waals surface area (Å²) in [5.74, 6) is 0. The number of fused-ring (bicyclic) bond motifs is 1. The van der Waals surface area contributed by atoms with E-state index in [1.807, 2.05) is 0 Å². The van der Waals surface area contributed by atoms with Crippen molar-refractivity contribution in [2.24, 2.45) is 0 Å². The molecule has 0 spiro atoms. The van der Waals surface area contributed by atoms with Gasteiger partial charge in [0.2, 0.25) is 0 Å². The summed E-state index contributed by atoms with van der Waals surface area (Å²) in [6.45, 7) is 6.49. The Bertz CT molecular complexity index is 502. The molecule has 2 rings (SSSR count). The fraction of sp³-hybridized carbons (Fsp3) is 0.417. The molecular formula is C12H18IN3. The van der Waals surface area contributed by atoms with Gasteiger partial charge in [0, 0.05) is 5.56 Å². The van der Waals surface area contributed by atoms with E-state index in [1.54, 1.807) is 0 Å². The SMILES string of the molecule is CCc1ccc(I)n2nc(C)c(CC)c12.N. The first kappa shape index (κ1) is 13.4. The molecule has 0 unspecified atom stereocenters. The van der Waals surface area contributed by atoms with Gasteiger partial charge in [0.15, 0.2) is 0 Å². The molecule has 0 fully saturated rings. The van der Waals surface area contributed by atoms with E-state index in [2.05, 4.69) is 65.1 Å². The number of pyridine rings is 1. The standard InChI is InChI=1S/C12H15IN2.H3N/c1-4-9-6-7-11(13)15-12(9)10(5-2)8(3)14-15;/h6-7H,4-5H2,1-3H3;1H3. The van der Waals surface area contributed by atoms with Crippen LogP contribution >= 0.6 is 22.6 Å². The number of aryl methyl sites for hydroxylation is 3. The highest BCUT2D eigenvalue weighted by atomic mass is 127. The summed E-state index contributed by atoms with van der Waals surface area (Å²) in [6.07, 6.45) is 2.13. The van der Waals surface area contributed by atoms with Crippen molar-refractivity contribution in [3.63, 3.8) is 0 Å². The summed E-state index contributed by atoms with van der Waals surface area (Å²) < 4.78 is 3.26. The molecule has 0 aromatic carbocycles. The lowest BCUT2D eigenvalue weighted by Crippen LogP contribution is -1.97. The number of hydrogen-bond acceptors (Lipinski definition) is 2. The molecule has 0 saturated carbocycles. The molecule has 2 heterocycles. The molecule has 0 aliphatic rings. The van der Waals surface area contributed by atoms with Crippen molar-refractivity contribution in [2.45, 2.75) is 33.6 Å². The topological polar surface area (TPSA) is 52.3 Å². The third kappa shape index (κ3) is 1.96. The smallest absolute Gasteiger partial charge is 0.103 e. The second-order valence-electron chi connectivity index (χ2n) is 3.71. The Labute approximate surface area is 110 Å². The maximum absolute atomic E-state index is 4.60. The largest absolute Gasteiger partial charge is 0.344 e. The van der Waals surface area contributed by atoms with Gasteiger partial charge in [0.05, 0.1) is 11.2 Å². The molecule has 16 heavy (non-hydrogen) atoms. The third-order valence-corrected chi connectivity index (χ3v) is 3.66. The summed E-state index contributed by atoms with van der Waals surface area (Å²) in [6, 6.07) is 4.36. The van der Waals surface area contributed by atoms with Crippen LogP contribution in [0.2, 0.25) is 0 Å². The molecule has 2 aromatic rings. The van der Waals surface area contributed by atoms with Gasteiger partial charge < -0.3 is 6.15 Å². The van der Waals surface area contributed by atoms with E-state index in [4.69, 9.17) is 0 Å². The molecule has 3 N–H and O–H groups in total. The minimum absolute atomic E-state index is 0. The summed E-state index contributed by atoms with van der Waals surface area (Å²) in [5, 5.41) is 4.60. The molecule has 88 valence electrons. The van der Waals surface area contributed by atoms with Crippen LogP contribution in [-0.4, -0.2) is 9.61 Å². The molecule has 0 aliphatic carbocycles. The highest BCUT2D eigenvalue weighted by molar-refractivity contribution is 14.1. The molecule has 3 nitrogen and oxygen atoms in total. The average molecular weight is 331 g/mol. The van der Waals surface area contributed by atoms with E-state index >= 15 is 0 Å². The summed E-state index contributed by atoms with van der Waals surface area (Å²) in [4.78, 5) is 0. The minimum Gasteiger partial charge on any atom is -0.344 e. The number of rotatable bonds is 2. The molecule has 0 amide bonds. The Morgan fingerprint density at radius 2 is 1.94 bits per heavy atom. The van der Waals surface area contributed by atoms with Gasteiger partial charge in [-0.15, -0.1) is 0 Å². The molecule has 0 radical (unpaired) electrons. The zero-order valence-electron chi connectivity index (χ0n) is 10.0. The zero-order valence-corrected chi connectivity index (χ0v) is 12.2. The molecule has 0 saturated heterocycles. The summed E-state index contributed by atoms with van der Waals surface area (Å²) in [7, 11) is 0. The van der Waals surface area contributed by atoms with Crippen LogP contribution in [0.1, 0.15) is 30.7 Å². The van der Waals surface area contributed by atoms with Gasteiger partial charge in [0.1, 0.15) is 3.70 Å². The van der Waals surface area contributed by atoms with Crippen molar-refractivity contribution in [3.05, 3.63) is 32.7 Å². The van der Waals surface area contributed by atoms with E-state index in [-0.39, 0.29) is 6.15 Å². The van der Waals surface area contributed by atoms with Gasteiger partial charge in [-0.05, 0) is 54.0 Å². The Hall–Kier alpha value is -0.620. The Morgan fingerprint density at radius 1 is 1.25 bits per heavy atom. The predicted molar refractivity (Wildman–Crippen MR) is 76.4 cm³/mol. The summed E-state index contributed by atoms with van der Waals surface area (Å²) in [5.41, 5.74) is 5.28. The Balaban J connectivity index is 0.00000128. The first-order valence-electron chi connectivity index (χ1n) is 5.34. The van der Waals surface area contributed by atoms with Crippen LogP contribution in [0.3, 0.4) is 0 Å². The van der Waals surface area contributed by atoms with Crippen LogP contribution in [0.4, 0.5) is 0 Å². The second kappa shape index (κ2) is 5.14. The summed E-state index contributed by atoms with van der Waals surface area (Å²) >= 11 is 2.34. The van der Waals surface area contributed by atoms with E-state index in [0.29, 0.717) is 0 Å². The van der Waals surface area contributed by atoms with Crippen molar-refractivity contribution < 1.29 is 0 Å². The molecule has 4 heteroatoms. The number of halogens is 1. The maximum Gasteiger partial charge on any atom is 0.103 e. The Kier molecular flexibility index (Phi) is 4.32. The normalized spacial score (nSPS) is 10.5. The molecule has 2 aromatic heterocycles. The first-order chi connectivity index (χ1) is 7.19. The number of nitrogens with zero attached hydrogens (tertiary/aromatic N) is 2. The van der Waals surface area contributed by atoms with Gasteiger partial charge in [0.25, 0.3) is 0 Å². The molecule has 0 aliphatic heterocycles. The van der Waals surface area contributed by atoms with E-state index in [1.165, 1.54) is 20.3 Å². The fourth-order valence-electron chi connectivity index (χ4n) is 2.07. The highest BCUT2D eigenvalue weighted by Crippen LogP contribution is 2.23. The lowest BCUT2D eigenvalue weighted by molar-refractivity contribution is 0.899. The molecular weight excluding hydrogens is 313 g/mol. The zero-order chi connectivity index (χ0) is 11.0. The predicted octanol–water partition coefficient (Wildman–Crippen LogP) is 3.53. The van der Waals surface area contributed by atoms with Crippen molar-refractivity contribution >= 4 is 28.1 Å². The fourth-order valence-corrected chi connectivity index (χ4v) is 2.60. The van der Waals surface area contributed by atoms with Crippen molar-refractivity contribution in [1.29, 1.82) is 0 Å². The van der Waals surface area contributed by atoms with Gasteiger partial charge in [-0.25, -0.2) is 4.52 Å². The Morgan fingerprint density at radius 3 is 2.50 bits per heavy atom. The maximum atomic E-state index is 4.60. The van der Waals surface area contributed by atoms with Gasteiger partial charge in [-0.2, -0.15) is 5.10 Å². The molecule has 0 atom stereocenters. The highest BCUT2D eigenvalue weighted by Gasteiger charge is 2.12. The van der Waals surface area contributed by atoms with Gasteiger partial charge in [-0.1, -0.05) is 19.9 Å². The first-order valence-corrected chi connectivity index (χ1v) is 6.42.